The fraction of sp³-hybridized carbons (Fsp3) is 0.364. The number of hydrogen-bond acceptors (Lipinski definition) is 3. The molecule has 0 atom stereocenters. The number of carbonyl (C=O) groups excluding carboxylic acids is 1. The van der Waals surface area contributed by atoms with Crippen LogP contribution >= 0.6 is 0 Å². The maximum atomic E-state index is 9.97. The molecule has 1 aromatic rings. The first-order chi connectivity index (χ1) is 6.81. The normalized spacial score (nSPS) is 13.6. The molecule has 1 aromatic carbocycles. The molecule has 1 heterocycles. The van der Waals surface area contributed by atoms with Gasteiger partial charge in [0.15, 0.2) is 0 Å². The molecule has 0 amide bonds. The number of anilines is 1. The average Bonchev–Trinajstić information content (AvgIpc) is 2.57. The molecule has 3 heteroatoms. The molecule has 1 aliphatic heterocycles. The molecule has 2 rings (SSSR count). The van der Waals surface area contributed by atoms with Gasteiger partial charge in [-0.25, -0.2) is 9.79 Å². The minimum atomic E-state index is 0.435. The summed E-state index contributed by atoms with van der Waals surface area (Å²) >= 11 is 0. The fourth-order valence-electron chi connectivity index (χ4n) is 1.81. The van der Waals surface area contributed by atoms with Gasteiger partial charge in [-0.2, -0.15) is 0 Å². The van der Waals surface area contributed by atoms with Gasteiger partial charge in [0.1, 0.15) is 0 Å². The molecule has 0 radical (unpaired) electrons. The summed E-state index contributed by atoms with van der Waals surface area (Å²) in [5.74, 6) is 0. The van der Waals surface area contributed by atoms with Crippen LogP contribution in [0.4, 0.5) is 5.69 Å². The smallest absolute Gasteiger partial charge is 0.235 e. The molecule has 0 spiro atoms. The number of fused-ring (bicyclic) bond motifs is 1. The molecule has 0 aliphatic carbocycles. The Bertz CT molecular complexity index is 394. The van der Waals surface area contributed by atoms with Crippen molar-refractivity contribution in [3.63, 3.8) is 0 Å². The van der Waals surface area contributed by atoms with Crippen LogP contribution in [0.1, 0.15) is 11.1 Å². The molecule has 0 aromatic heterocycles. The van der Waals surface area contributed by atoms with Crippen LogP contribution in [0.25, 0.3) is 0 Å². The lowest BCUT2D eigenvalue weighted by atomic mass is 10.1. The molecular formula is C11H12N2O. The molecule has 0 N–H and O–H groups in total. The van der Waals surface area contributed by atoms with Crippen LogP contribution in [0.3, 0.4) is 0 Å². The summed E-state index contributed by atoms with van der Waals surface area (Å²) in [4.78, 5) is 15.8. The summed E-state index contributed by atoms with van der Waals surface area (Å²) in [6, 6.07) is 6.25. The first-order valence-corrected chi connectivity index (χ1v) is 4.68. The number of isocyanates is 1. The zero-order valence-electron chi connectivity index (χ0n) is 8.16. The van der Waals surface area contributed by atoms with E-state index in [1.165, 1.54) is 11.3 Å². The van der Waals surface area contributed by atoms with Crippen molar-refractivity contribution < 1.29 is 4.79 Å². The van der Waals surface area contributed by atoms with Crippen molar-refractivity contribution in [1.29, 1.82) is 0 Å². The van der Waals surface area contributed by atoms with Crippen molar-refractivity contribution in [1.82, 2.24) is 0 Å². The van der Waals surface area contributed by atoms with E-state index in [0.29, 0.717) is 6.54 Å². The van der Waals surface area contributed by atoms with Crippen molar-refractivity contribution >= 4 is 11.8 Å². The van der Waals surface area contributed by atoms with E-state index in [1.54, 1.807) is 6.08 Å². The lowest BCUT2D eigenvalue weighted by Crippen LogP contribution is -2.12. The van der Waals surface area contributed by atoms with Crippen LogP contribution in [0.5, 0.6) is 0 Å². The topological polar surface area (TPSA) is 32.7 Å². The average molecular weight is 188 g/mol. The number of nitrogens with zero attached hydrogens (tertiary/aromatic N) is 2. The molecule has 3 nitrogen and oxygen atoms in total. The van der Waals surface area contributed by atoms with E-state index in [2.05, 4.69) is 29.1 Å². The van der Waals surface area contributed by atoms with E-state index in [4.69, 9.17) is 0 Å². The molecule has 72 valence electrons. The summed E-state index contributed by atoms with van der Waals surface area (Å²) in [7, 11) is 2.08. The minimum Gasteiger partial charge on any atom is -0.374 e. The second kappa shape index (κ2) is 3.64. The number of benzene rings is 1. The van der Waals surface area contributed by atoms with Gasteiger partial charge < -0.3 is 4.90 Å². The van der Waals surface area contributed by atoms with E-state index in [9.17, 15) is 4.79 Å². The Morgan fingerprint density at radius 3 is 3.21 bits per heavy atom. The predicted molar refractivity (Wildman–Crippen MR) is 55.2 cm³/mol. The van der Waals surface area contributed by atoms with Gasteiger partial charge in [-0.05, 0) is 23.6 Å². The van der Waals surface area contributed by atoms with Gasteiger partial charge in [0.05, 0.1) is 6.54 Å². The first-order valence-electron chi connectivity index (χ1n) is 4.68. The number of aliphatic imine (C=N–C) groups is 1. The molecule has 1 aliphatic rings. The van der Waals surface area contributed by atoms with Crippen LogP contribution in [0, 0.1) is 0 Å². The SMILES string of the molecule is CN1CCc2ccc(CN=C=O)cc21. The summed E-state index contributed by atoms with van der Waals surface area (Å²) in [6.07, 6.45) is 2.67. The zero-order chi connectivity index (χ0) is 9.97. The molecular weight excluding hydrogens is 176 g/mol. The quantitative estimate of drug-likeness (QED) is 0.520. The maximum Gasteiger partial charge on any atom is 0.235 e. The molecule has 0 saturated carbocycles. The maximum absolute atomic E-state index is 9.97. The third kappa shape index (κ3) is 1.54. The summed E-state index contributed by atoms with van der Waals surface area (Å²) < 4.78 is 0. The number of hydrogen-bond donors (Lipinski definition) is 0. The van der Waals surface area contributed by atoms with Gasteiger partial charge in [0.25, 0.3) is 0 Å². The molecule has 0 bridgehead atoms. The second-order valence-corrected chi connectivity index (χ2v) is 3.54. The van der Waals surface area contributed by atoms with Crippen LogP contribution in [-0.4, -0.2) is 19.7 Å². The Labute approximate surface area is 83.1 Å². The van der Waals surface area contributed by atoms with Crippen LogP contribution < -0.4 is 4.90 Å². The van der Waals surface area contributed by atoms with Crippen molar-refractivity contribution in [3.05, 3.63) is 29.3 Å². The van der Waals surface area contributed by atoms with Crippen LogP contribution in [-0.2, 0) is 17.8 Å². The van der Waals surface area contributed by atoms with Gasteiger partial charge in [0, 0.05) is 19.3 Å². The van der Waals surface area contributed by atoms with E-state index >= 15 is 0 Å². The van der Waals surface area contributed by atoms with Crippen molar-refractivity contribution in [2.75, 3.05) is 18.5 Å². The Morgan fingerprint density at radius 2 is 2.43 bits per heavy atom. The highest BCUT2D eigenvalue weighted by atomic mass is 16.1. The summed E-state index contributed by atoms with van der Waals surface area (Å²) in [5.41, 5.74) is 3.72. The van der Waals surface area contributed by atoms with E-state index < -0.39 is 0 Å². The van der Waals surface area contributed by atoms with E-state index in [-0.39, 0.29) is 0 Å². The molecule has 0 saturated heterocycles. The van der Waals surface area contributed by atoms with Gasteiger partial charge in [-0.15, -0.1) is 0 Å². The molecule has 14 heavy (non-hydrogen) atoms. The first kappa shape index (κ1) is 8.97. The van der Waals surface area contributed by atoms with Crippen LogP contribution in [0.2, 0.25) is 0 Å². The zero-order valence-corrected chi connectivity index (χ0v) is 8.16. The van der Waals surface area contributed by atoms with Crippen molar-refractivity contribution in [2.24, 2.45) is 4.99 Å². The van der Waals surface area contributed by atoms with E-state index in [1.807, 2.05) is 6.07 Å². The third-order valence-electron chi connectivity index (χ3n) is 2.60. The standard InChI is InChI=1S/C11H12N2O/c1-13-5-4-10-3-2-9(6-11(10)13)7-12-8-14/h2-3,6H,4-5,7H2,1H3. The fourth-order valence-corrected chi connectivity index (χ4v) is 1.81. The van der Waals surface area contributed by atoms with Crippen molar-refractivity contribution in [3.8, 4) is 0 Å². The van der Waals surface area contributed by atoms with Gasteiger partial charge >= 0.3 is 0 Å². The number of likely N-dealkylation sites (N-methyl/N-ethyl adjacent to an activating group) is 1. The van der Waals surface area contributed by atoms with Gasteiger partial charge in [0.2, 0.25) is 6.08 Å². The summed E-state index contributed by atoms with van der Waals surface area (Å²) in [6.45, 7) is 1.51. The highest BCUT2D eigenvalue weighted by Crippen LogP contribution is 2.27. The lowest BCUT2D eigenvalue weighted by Gasteiger charge is -2.12. The third-order valence-corrected chi connectivity index (χ3v) is 2.60. The van der Waals surface area contributed by atoms with Crippen molar-refractivity contribution in [2.45, 2.75) is 13.0 Å². The highest BCUT2D eigenvalue weighted by molar-refractivity contribution is 5.59. The monoisotopic (exact) mass is 188 g/mol. The Balaban J connectivity index is 2.30. The Hall–Kier alpha value is -1.60. The Kier molecular flexibility index (Phi) is 2.33. The number of rotatable bonds is 2. The largest absolute Gasteiger partial charge is 0.374 e. The predicted octanol–water partition coefficient (Wildman–Crippen LogP) is 1.51. The highest BCUT2D eigenvalue weighted by Gasteiger charge is 2.15. The minimum absolute atomic E-state index is 0.435. The van der Waals surface area contributed by atoms with Gasteiger partial charge in [-0.1, -0.05) is 12.1 Å². The molecule has 0 fully saturated rings. The second-order valence-electron chi connectivity index (χ2n) is 3.54. The Morgan fingerprint density at radius 1 is 1.57 bits per heavy atom. The van der Waals surface area contributed by atoms with E-state index in [0.717, 1.165) is 18.5 Å². The molecule has 0 unspecified atom stereocenters. The lowest BCUT2D eigenvalue weighted by molar-refractivity contribution is 0.563. The summed E-state index contributed by atoms with van der Waals surface area (Å²) in [5, 5.41) is 0. The van der Waals surface area contributed by atoms with Crippen LogP contribution in [0.15, 0.2) is 23.2 Å². The van der Waals surface area contributed by atoms with Gasteiger partial charge in [-0.3, -0.25) is 0 Å².